The predicted octanol–water partition coefficient (Wildman–Crippen LogP) is 6.82. The van der Waals surface area contributed by atoms with Gasteiger partial charge in [0.15, 0.2) is 0 Å². The van der Waals surface area contributed by atoms with Crippen LogP contribution < -0.4 is 0 Å². The van der Waals surface area contributed by atoms with E-state index in [0.717, 1.165) is 5.39 Å². The van der Waals surface area contributed by atoms with E-state index in [9.17, 15) is 4.39 Å². The minimum Gasteiger partial charge on any atom is -0.206 e. The lowest BCUT2D eigenvalue weighted by Gasteiger charge is -1.99. The van der Waals surface area contributed by atoms with E-state index in [1.165, 1.54) is 15.9 Å². The van der Waals surface area contributed by atoms with Gasteiger partial charge in [-0.25, -0.2) is 4.39 Å². The normalized spacial score (nSPS) is 10.0. The van der Waals surface area contributed by atoms with E-state index in [2.05, 4.69) is 48.5 Å². The number of rotatable bonds is 2. The van der Waals surface area contributed by atoms with Crippen LogP contribution in [0.4, 0.5) is 4.39 Å². The van der Waals surface area contributed by atoms with Crippen molar-refractivity contribution in [1.29, 1.82) is 0 Å². The Morgan fingerprint density at radius 3 is 1.58 bits per heavy atom. The van der Waals surface area contributed by atoms with Gasteiger partial charge in [-0.3, -0.25) is 0 Å². The van der Waals surface area contributed by atoms with Crippen molar-refractivity contribution >= 4 is 22.5 Å². The van der Waals surface area contributed by atoms with Crippen LogP contribution in [0.2, 0.25) is 0 Å². The van der Waals surface area contributed by atoms with Gasteiger partial charge in [0.05, 0.1) is 0 Å². The molecule has 0 atom stereocenters. The minimum atomic E-state index is -0.150. The summed E-state index contributed by atoms with van der Waals surface area (Å²) in [5.74, 6) is -0.150. The molecule has 0 spiro atoms. The molecular weight excluding hydrogens is 315 g/mol. The quantitative estimate of drug-likeness (QED) is 0.388. The first kappa shape index (κ1) is 16.3. The molecule has 118 valence electrons. The molecule has 0 saturated carbocycles. The number of benzene rings is 4. The third-order valence-electron chi connectivity index (χ3n) is 3.46. The lowest BCUT2D eigenvalue weighted by atomic mass is 10.1. The molecule has 0 radical (unpaired) electrons. The highest BCUT2D eigenvalue weighted by Gasteiger charge is 1.95. The zero-order valence-corrected chi connectivity index (χ0v) is 13.9. The molecule has 0 aliphatic rings. The second kappa shape index (κ2) is 8.32. The summed E-state index contributed by atoms with van der Waals surface area (Å²) in [4.78, 5) is 2.57. The molecule has 0 saturated heterocycles. The Hall–Kier alpha value is -2.58. The molecule has 0 amide bonds. The van der Waals surface area contributed by atoms with Gasteiger partial charge in [-0.1, -0.05) is 84.6 Å². The van der Waals surface area contributed by atoms with Gasteiger partial charge in [-0.2, -0.15) is 0 Å². The van der Waals surface area contributed by atoms with Crippen molar-refractivity contribution in [2.45, 2.75) is 9.79 Å². The summed E-state index contributed by atoms with van der Waals surface area (Å²) in [6, 6.07) is 33.3. The number of hydrogen-bond donors (Lipinski definition) is 0. The summed E-state index contributed by atoms with van der Waals surface area (Å²) in [6.45, 7) is 0. The molecule has 0 N–H and O–H groups in total. The maximum atomic E-state index is 13.0. The summed E-state index contributed by atoms with van der Waals surface area (Å²) in [6.07, 6.45) is 0. The Balaban J connectivity index is 0.000000143. The molecule has 0 fully saturated rings. The zero-order valence-electron chi connectivity index (χ0n) is 13.1. The molecule has 4 aromatic carbocycles. The Bertz CT molecular complexity index is 846. The van der Waals surface area contributed by atoms with E-state index in [-0.39, 0.29) is 5.82 Å². The van der Waals surface area contributed by atoms with Crippen molar-refractivity contribution in [2.24, 2.45) is 0 Å². The van der Waals surface area contributed by atoms with Gasteiger partial charge >= 0.3 is 0 Å². The van der Waals surface area contributed by atoms with Crippen LogP contribution in [0, 0.1) is 5.82 Å². The molecule has 0 nitrogen and oxygen atoms in total. The molecular formula is C22H17FS. The van der Waals surface area contributed by atoms with Gasteiger partial charge < -0.3 is 0 Å². The van der Waals surface area contributed by atoms with E-state index in [0.29, 0.717) is 5.39 Å². The van der Waals surface area contributed by atoms with Crippen LogP contribution in [-0.4, -0.2) is 0 Å². The maximum Gasteiger partial charge on any atom is 0.131 e. The van der Waals surface area contributed by atoms with Gasteiger partial charge in [-0.15, -0.1) is 0 Å². The van der Waals surface area contributed by atoms with Crippen molar-refractivity contribution in [3.63, 3.8) is 0 Å². The summed E-state index contributed by atoms with van der Waals surface area (Å²) in [5, 5.41) is 1.64. The van der Waals surface area contributed by atoms with Crippen LogP contribution >= 0.6 is 11.8 Å². The predicted molar refractivity (Wildman–Crippen MR) is 101 cm³/mol. The number of halogens is 1. The average molecular weight is 332 g/mol. The molecule has 0 bridgehead atoms. The lowest BCUT2D eigenvalue weighted by molar-refractivity contribution is 0.640. The Labute approximate surface area is 146 Å². The van der Waals surface area contributed by atoms with Crippen LogP contribution in [0.5, 0.6) is 0 Å². The monoisotopic (exact) mass is 332 g/mol. The largest absolute Gasteiger partial charge is 0.206 e. The van der Waals surface area contributed by atoms with Gasteiger partial charge in [0.1, 0.15) is 5.82 Å². The van der Waals surface area contributed by atoms with Crippen molar-refractivity contribution in [3.05, 3.63) is 109 Å². The first-order chi connectivity index (χ1) is 11.8. The van der Waals surface area contributed by atoms with Crippen molar-refractivity contribution in [3.8, 4) is 0 Å². The number of hydrogen-bond acceptors (Lipinski definition) is 1. The fourth-order valence-electron chi connectivity index (χ4n) is 2.30. The van der Waals surface area contributed by atoms with Gasteiger partial charge in [0.25, 0.3) is 0 Å². The summed E-state index contributed by atoms with van der Waals surface area (Å²) in [5.41, 5.74) is 0. The molecule has 2 heteroatoms. The van der Waals surface area contributed by atoms with Crippen molar-refractivity contribution in [2.75, 3.05) is 0 Å². The minimum absolute atomic E-state index is 0.150. The Morgan fingerprint density at radius 2 is 1.00 bits per heavy atom. The lowest BCUT2D eigenvalue weighted by Crippen LogP contribution is -1.76. The van der Waals surface area contributed by atoms with Crippen molar-refractivity contribution < 1.29 is 4.39 Å². The second-order valence-electron chi connectivity index (χ2n) is 5.19. The van der Waals surface area contributed by atoms with E-state index >= 15 is 0 Å². The third kappa shape index (κ3) is 4.46. The average Bonchev–Trinajstić information content (AvgIpc) is 2.65. The maximum absolute atomic E-state index is 13.0. The van der Waals surface area contributed by atoms with Gasteiger partial charge in [-0.05, 0) is 35.7 Å². The van der Waals surface area contributed by atoms with Crippen molar-refractivity contribution in [1.82, 2.24) is 0 Å². The topological polar surface area (TPSA) is 0 Å². The Kier molecular flexibility index (Phi) is 5.65. The second-order valence-corrected chi connectivity index (χ2v) is 6.34. The molecule has 0 aliphatic heterocycles. The van der Waals surface area contributed by atoms with E-state index in [4.69, 9.17) is 0 Å². The highest BCUT2D eigenvalue weighted by atomic mass is 32.2. The molecule has 0 aliphatic carbocycles. The highest BCUT2D eigenvalue weighted by molar-refractivity contribution is 7.99. The smallest absolute Gasteiger partial charge is 0.131 e. The summed E-state index contributed by atoms with van der Waals surface area (Å²) >= 11 is 1.79. The molecule has 4 aromatic rings. The van der Waals surface area contributed by atoms with E-state index in [1.54, 1.807) is 23.9 Å². The highest BCUT2D eigenvalue weighted by Crippen LogP contribution is 2.26. The zero-order chi connectivity index (χ0) is 16.6. The van der Waals surface area contributed by atoms with E-state index in [1.807, 2.05) is 36.4 Å². The fourth-order valence-corrected chi connectivity index (χ4v) is 3.16. The molecule has 0 aromatic heterocycles. The Morgan fingerprint density at radius 1 is 0.500 bits per heavy atom. The van der Waals surface area contributed by atoms with Gasteiger partial charge in [0.2, 0.25) is 0 Å². The summed E-state index contributed by atoms with van der Waals surface area (Å²) < 4.78 is 13.0. The SMILES string of the molecule is Fc1cccc2ccccc12.c1ccc(Sc2ccccc2)cc1. The molecule has 24 heavy (non-hydrogen) atoms. The van der Waals surface area contributed by atoms with Crippen LogP contribution in [0.25, 0.3) is 10.8 Å². The number of fused-ring (bicyclic) bond motifs is 1. The summed E-state index contributed by atoms with van der Waals surface area (Å²) in [7, 11) is 0. The molecule has 4 rings (SSSR count). The molecule has 0 unspecified atom stereocenters. The van der Waals surface area contributed by atoms with Gasteiger partial charge in [0, 0.05) is 15.2 Å². The first-order valence-corrected chi connectivity index (χ1v) is 8.56. The third-order valence-corrected chi connectivity index (χ3v) is 4.47. The van der Waals surface area contributed by atoms with E-state index < -0.39 is 0 Å². The van der Waals surface area contributed by atoms with Crippen LogP contribution in [0.3, 0.4) is 0 Å². The molecule has 0 heterocycles. The van der Waals surface area contributed by atoms with Crippen LogP contribution in [0.15, 0.2) is 113 Å². The van der Waals surface area contributed by atoms with Crippen LogP contribution in [0.1, 0.15) is 0 Å². The fraction of sp³-hybridized carbons (Fsp3) is 0. The first-order valence-electron chi connectivity index (χ1n) is 7.74. The standard InChI is InChI=1S/C12H10S.C10H7F/c1-3-7-11(8-4-1)13-12-9-5-2-6-10-12;11-10-7-3-5-8-4-1-2-6-9(8)10/h1-10H;1-7H. The van der Waals surface area contributed by atoms with Crippen LogP contribution in [-0.2, 0) is 0 Å².